The number of fused-ring (bicyclic) bond motifs is 4. The van der Waals surface area contributed by atoms with Crippen molar-refractivity contribution < 1.29 is 26.2 Å². The molecule has 0 amide bonds. The average molecular weight is 508 g/mol. The number of rotatable bonds is 0. The van der Waals surface area contributed by atoms with Crippen LogP contribution in [0.2, 0.25) is 13.1 Å². The molecule has 6 rings (SSSR count). The number of benzene rings is 4. The van der Waals surface area contributed by atoms with Crippen LogP contribution in [0.5, 0.6) is 0 Å². The molecule has 0 nitrogen and oxygen atoms in total. The molecule has 0 spiro atoms. The monoisotopic (exact) mass is 506 g/mol. The molecule has 0 saturated carbocycles. The number of hydrogen-bond acceptors (Lipinski definition) is 0. The van der Waals surface area contributed by atoms with Crippen LogP contribution < -0.4 is 0 Å². The van der Waals surface area contributed by atoms with E-state index in [4.69, 9.17) is 0 Å². The normalized spacial score (nSPS) is 10.4. The van der Waals surface area contributed by atoms with Gasteiger partial charge < -0.3 is 0 Å². The summed E-state index contributed by atoms with van der Waals surface area (Å²) in [6, 6.07) is 35.0. The van der Waals surface area contributed by atoms with Crippen LogP contribution in [0.15, 0.2) is 97.1 Å². The van der Waals surface area contributed by atoms with Crippen molar-refractivity contribution in [1.29, 1.82) is 0 Å². The maximum Gasteiger partial charge on any atom is 2.00 e. The van der Waals surface area contributed by atoms with E-state index < -0.39 is 0 Å². The third-order valence-electron chi connectivity index (χ3n) is 5.44. The van der Waals surface area contributed by atoms with Crippen molar-refractivity contribution in [3.63, 3.8) is 0 Å². The van der Waals surface area contributed by atoms with E-state index in [1.54, 1.807) is 0 Å². The average Bonchev–Trinajstić information content (AvgIpc) is 3.30. The molecule has 0 N–H and O–H groups in total. The molecule has 0 bridgehead atoms. The van der Waals surface area contributed by atoms with Crippen molar-refractivity contribution in [3.05, 3.63) is 108 Å². The standard InChI is InChI=1S/2C14H11.C2H6Si.Zr/c2*1-10-6-13-8-11-4-2-3-5-12(11)9-14(13)7-10;1-3-2;/h2*2-9H,1H3;1-2H3;/q2*-1;;+2. The zero-order chi connectivity index (χ0) is 21.8. The summed E-state index contributed by atoms with van der Waals surface area (Å²) in [6.07, 6.45) is 0. The first-order valence-corrected chi connectivity index (χ1v) is 12.8. The first-order valence-electron chi connectivity index (χ1n) is 10.8. The molecule has 0 fully saturated rings. The van der Waals surface area contributed by atoms with Crippen molar-refractivity contribution in [2.75, 3.05) is 0 Å². The maximum absolute atomic E-state index is 2.26. The van der Waals surface area contributed by atoms with Crippen LogP contribution in [-0.4, -0.2) is 9.52 Å². The fourth-order valence-corrected chi connectivity index (χ4v) is 4.12. The van der Waals surface area contributed by atoms with Gasteiger partial charge in [-0.25, -0.2) is 0 Å². The quantitative estimate of drug-likeness (QED) is 0.142. The molecular formula is C30H28SiZr. The molecule has 6 aromatic carbocycles. The van der Waals surface area contributed by atoms with E-state index in [2.05, 4.69) is 124 Å². The molecular weight excluding hydrogens is 480 g/mol. The SMILES string of the molecule is C[Si]C.Cc1cc2cc3ccccc3cc2[cH-]1.Cc1cc2cc3ccccc3cc2[cH-]1.[Zr+2]. The van der Waals surface area contributed by atoms with Gasteiger partial charge in [0.25, 0.3) is 0 Å². The van der Waals surface area contributed by atoms with E-state index in [1.807, 2.05) is 0 Å². The molecule has 0 unspecified atom stereocenters. The van der Waals surface area contributed by atoms with Crippen molar-refractivity contribution in [2.24, 2.45) is 0 Å². The van der Waals surface area contributed by atoms with Crippen molar-refractivity contribution in [3.8, 4) is 0 Å². The Labute approximate surface area is 212 Å². The Morgan fingerprint density at radius 3 is 1.16 bits per heavy atom. The van der Waals surface area contributed by atoms with E-state index in [0.717, 1.165) is 9.52 Å². The smallest absolute Gasteiger partial charge is 0.165 e. The molecule has 0 aliphatic carbocycles. The summed E-state index contributed by atoms with van der Waals surface area (Å²) in [6.45, 7) is 8.59. The summed E-state index contributed by atoms with van der Waals surface area (Å²) in [4.78, 5) is 0. The van der Waals surface area contributed by atoms with E-state index in [9.17, 15) is 0 Å². The van der Waals surface area contributed by atoms with Crippen LogP contribution in [0.25, 0.3) is 43.1 Å². The molecule has 2 radical (unpaired) electrons. The summed E-state index contributed by atoms with van der Waals surface area (Å²) >= 11 is 0. The Morgan fingerprint density at radius 2 is 0.812 bits per heavy atom. The van der Waals surface area contributed by atoms with Gasteiger partial charge in [0.1, 0.15) is 0 Å². The van der Waals surface area contributed by atoms with Gasteiger partial charge in [-0.05, 0) is 10.8 Å². The molecule has 0 atom stereocenters. The second kappa shape index (κ2) is 11.0. The topological polar surface area (TPSA) is 0 Å². The van der Waals surface area contributed by atoms with Gasteiger partial charge in [-0.1, -0.05) is 98.4 Å². The Bertz CT molecular complexity index is 1240. The summed E-state index contributed by atoms with van der Waals surface area (Å²) in [7, 11) is 1.08. The second-order valence-electron chi connectivity index (χ2n) is 8.22. The molecule has 0 heterocycles. The predicted molar refractivity (Wildman–Crippen MR) is 141 cm³/mol. The van der Waals surface area contributed by atoms with Gasteiger partial charge in [0.2, 0.25) is 0 Å². The van der Waals surface area contributed by atoms with Crippen LogP contribution in [-0.2, 0) is 26.2 Å². The number of aryl methyl sites for hydroxylation is 2. The van der Waals surface area contributed by atoms with Gasteiger partial charge in [-0.2, -0.15) is 12.1 Å². The summed E-state index contributed by atoms with van der Waals surface area (Å²) in [5, 5.41) is 10.7. The van der Waals surface area contributed by atoms with Crippen molar-refractivity contribution >= 4 is 52.6 Å². The Hall–Kier alpha value is -2.28. The van der Waals surface area contributed by atoms with Crippen molar-refractivity contribution in [2.45, 2.75) is 26.9 Å². The van der Waals surface area contributed by atoms with Crippen LogP contribution in [0, 0.1) is 13.8 Å². The van der Waals surface area contributed by atoms with E-state index in [0.29, 0.717) is 0 Å². The fourth-order valence-electron chi connectivity index (χ4n) is 4.12. The van der Waals surface area contributed by atoms with Gasteiger partial charge in [0.05, 0.1) is 0 Å². The van der Waals surface area contributed by atoms with Crippen LogP contribution >= 0.6 is 0 Å². The Balaban J connectivity index is 0.000000157. The van der Waals surface area contributed by atoms with Crippen LogP contribution in [0.3, 0.4) is 0 Å². The third-order valence-corrected chi connectivity index (χ3v) is 5.44. The molecule has 0 aromatic heterocycles. The van der Waals surface area contributed by atoms with Crippen molar-refractivity contribution in [1.82, 2.24) is 0 Å². The molecule has 156 valence electrons. The van der Waals surface area contributed by atoms with Gasteiger partial charge in [0.15, 0.2) is 0 Å². The molecule has 2 heteroatoms. The zero-order valence-corrected chi connectivity index (χ0v) is 22.7. The largest absolute Gasteiger partial charge is 2.00 e. The molecule has 6 aromatic rings. The minimum absolute atomic E-state index is 0. The molecule has 0 saturated heterocycles. The second-order valence-corrected chi connectivity index (χ2v) is 9.22. The summed E-state index contributed by atoms with van der Waals surface area (Å²) in [5.41, 5.74) is 2.69. The Morgan fingerprint density at radius 1 is 0.500 bits per heavy atom. The van der Waals surface area contributed by atoms with E-state index in [1.165, 1.54) is 54.2 Å². The van der Waals surface area contributed by atoms with Gasteiger partial charge in [-0.3, -0.25) is 0 Å². The minimum atomic E-state index is 0. The van der Waals surface area contributed by atoms with Crippen LogP contribution in [0.1, 0.15) is 11.1 Å². The van der Waals surface area contributed by atoms with Gasteiger partial charge >= 0.3 is 26.2 Å². The summed E-state index contributed by atoms with van der Waals surface area (Å²) in [5.74, 6) is 0. The predicted octanol–water partition coefficient (Wildman–Crippen LogP) is 8.82. The van der Waals surface area contributed by atoms with Gasteiger partial charge in [-0.15, -0.1) is 56.9 Å². The first kappa shape index (κ1) is 24.4. The zero-order valence-electron chi connectivity index (χ0n) is 19.2. The molecule has 0 aliphatic rings. The third kappa shape index (κ3) is 5.55. The fraction of sp³-hybridized carbons (Fsp3) is 0.133. The van der Waals surface area contributed by atoms with Gasteiger partial charge in [0, 0.05) is 9.52 Å². The molecule has 32 heavy (non-hydrogen) atoms. The summed E-state index contributed by atoms with van der Waals surface area (Å²) < 4.78 is 0. The van der Waals surface area contributed by atoms with E-state index in [-0.39, 0.29) is 26.2 Å². The Kier molecular flexibility index (Phi) is 8.40. The van der Waals surface area contributed by atoms with E-state index >= 15 is 0 Å². The maximum atomic E-state index is 2.26. The molecule has 0 aliphatic heterocycles. The number of hydrogen-bond donors (Lipinski definition) is 0. The minimum Gasteiger partial charge on any atom is -0.165 e. The van der Waals surface area contributed by atoms with Crippen LogP contribution in [0.4, 0.5) is 0 Å². The first-order chi connectivity index (χ1) is 15.1.